The molecule has 0 saturated carbocycles. The number of esters is 1. The lowest BCUT2D eigenvalue weighted by molar-refractivity contribution is 0.0526. The van der Waals surface area contributed by atoms with Gasteiger partial charge in [-0.25, -0.2) is 14.5 Å². The monoisotopic (exact) mass is 434 g/mol. The maximum atomic E-state index is 12.7. The number of ether oxygens (including phenoxy) is 1. The Balaban J connectivity index is 1.60. The molecular formula is C22H18N4O4S. The number of fused-ring (bicyclic) bond motifs is 1. The van der Waals surface area contributed by atoms with Crippen molar-refractivity contribution < 1.29 is 14.3 Å². The Morgan fingerprint density at radius 2 is 1.90 bits per heavy atom. The summed E-state index contributed by atoms with van der Waals surface area (Å²) in [6, 6.07) is 13.8. The molecule has 2 aromatic heterocycles. The van der Waals surface area contributed by atoms with E-state index in [1.165, 1.54) is 28.3 Å². The summed E-state index contributed by atoms with van der Waals surface area (Å²) in [7, 11) is 0. The van der Waals surface area contributed by atoms with Crippen LogP contribution in [0.3, 0.4) is 0 Å². The van der Waals surface area contributed by atoms with Gasteiger partial charge in [0.25, 0.3) is 5.91 Å². The van der Waals surface area contributed by atoms with Gasteiger partial charge in [0.15, 0.2) is 10.8 Å². The molecule has 0 aliphatic heterocycles. The van der Waals surface area contributed by atoms with Gasteiger partial charge in [-0.3, -0.25) is 14.9 Å². The Morgan fingerprint density at radius 1 is 1.13 bits per heavy atom. The van der Waals surface area contributed by atoms with Crippen LogP contribution in [-0.4, -0.2) is 33.2 Å². The van der Waals surface area contributed by atoms with Gasteiger partial charge in [-0.05, 0) is 44.2 Å². The van der Waals surface area contributed by atoms with Crippen LogP contribution >= 0.6 is 11.3 Å². The minimum atomic E-state index is -0.656. The predicted octanol–water partition coefficient (Wildman–Crippen LogP) is 3.58. The predicted molar refractivity (Wildman–Crippen MR) is 118 cm³/mol. The van der Waals surface area contributed by atoms with Crippen molar-refractivity contribution in [1.82, 2.24) is 14.8 Å². The summed E-state index contributed by atoms with van der Waals surface area (Å²) in [5, 5.41) is 7.11. The fourth-order valence-electron chi connectivity index (χ4n) is 2.88. The smallest absolute Gasteiger partial charge is 0.338 e. The Bertz CT molecular complexity index is 1340. The summed E-state index contributed by atoms with van der Waals surface area (Å²) < 4.78 is 7.18. The Morgan fingerprint density at radius 3 is 2.65 bits per heavy atom. The summed E-state index contributed by atoms with van der Waals surface area (Å²) in [5.74, 6) is -1.08. The van der Waals surface area contributed by atoms with Gasteiger partial charge in [-0.2, -0.15) is 5.10 Å². The number of hydrogen-bond donors (Lipinski definition) is 1. The molecular weight excluding hydrogens is 416 g/mol. The standard InChI is InChI=1S/C22H18N4O4S/c1-3-30-21(29)14-6-9-16-18(12-14)31-22(23-16)24-20(28)19-17(27)10-11-26(25-19)15-7-4-13(2)5-8-15/h4-12H,3H2,1-2H3,(H,23,24,28). The van der Waals surface area contributed by atoms with E-state index in [9.17, 15) is 14.4 Å². The molecule has 0 atom stereocenters. The van der Waals surface area contributed by atoms with Crippen molar-refractivity contribution in [2.24, 2.45) is 0 Å². The fraction of sp³-hybridized carbons (Fsp3) is 0.136. The molecule has 31 heavy (non-hydrogen) atoms. The van der Waals surface area contributed by atoms with Crippen LogP contribution in [0.15, 0.2) is 59.5 Å². The van der Waals surface area contributed by atoms with E-state index in [0.717, 1.165) is 11.3 Å². The number of thiazole rings is 1. The highest BCUT2D eigenvalue weighted by molar-refractivity contribution is 7.22. The first kappa shape index (κ1) is 20.4. The lowest BCUT2D eigenvalue weighted by Gasteiger charge is -2.07. The van der Waals surface area contributed by atoms with E-state index in [2.05, 4.69) is 15.4 Å². The van der Waals surface area contributed by atoms with Gasteiger partial charge in [0.2, 0.25) is 5.43 Å². The van der Waals surface area contributed by atoms with Gasteiger partial charge in [-0.15, -0.1) is 0 Å². The van der Waals surface area contributed by atoms with E-state index >= 15 is 0 Å². The molecule has 4 aromatic rings. The molecule has 0 fully saturated rings. The maximum absolute atomic E-state index is 12.7. The Labute approximate surface area is 181 Å². The number of nitrogens with zero attached hydrogens (tertiary/aromatic N) is 3. The van der Waals surface area contributed by atoms with Crippen LogP contribution in [0, 0.1) is 6.92 Å². The first-order valence-corrected chi connectivity index (χ1v) is 10.3. The second-order valence-corrected chi connectivity index (χ2v) is 7.72. The number of aromatic nitrogens is 3. The van der Waals surface area contributed by atoms with Crippen LogP contribution in [0.4, 0.5) is 5.13 Å². The number of hydrogen-bond acceptors (Lipinski definition) is 7. The quantitative estimate of drug-likeness (QED) is 0.482. The largest absolute Gasteiger partial charge is 0.462 e. The third kappa shape index (κ3) is 4.36. The zero-order valence-corrected chi connectivity index (χ0v) is 17.6. The SMILES string of the molecule is CCOC(=O)c1ccc2nc(NC(=O)c3nn(-c4ccc(C)cc4)ccc3=O)sc2c1. The molecule has 0 saturated heterocycles. The maximum Gasteiger partial charge on any atom is 0.338 e. The zero-order valence-electron chi connectivity index (χ0n) is 16.8. The van der Waals surface area contributed by atoms with Crippen molar-refractivity contribution in [3.8, 4) is 5.69 Å². The average Bonchev–Trinajstić information content (AvgIpc) is 3.16. The highest BCUT2D eigenvalue weighted by Crippen LogP contribution is 2.27. The van der Waals surface area contributed by atoms with Gasteiger partial charge >= 0.3 is 5.97 Å². The number of nitrogens with one attached hydrogen (secondary N) is 1. The van der Waals surface area contributed by atoms with Crippen LogP contribution in [0.5, 0.6) is 0 Å². The van der Waals surface area contributed by atoms with E-state index < -0.39 is 17.3 Å². The third-order valence-corrected chi connectivity index (χ3v) is 5.38. The molecule has 0 aliphatic carbocycles. The molecule has 9 heteroatoms. The van der Waals surface area contributed by atoms with Gasteiger partial charge in [0.1, 0.15) is 0 Å². The Kier molecular flexibility index (Phi) is 5.59. The number of carbonyl (C=O) groups excluding carboxylic acids is 2. The van der Waals surface area contributed by atoms with Crippen molar-refractivity contribution in [3.63, 3.8) is 0 Å². The van der Waals surface area contributed by atoms with E-state index in [1.807, 2.05) is 31.2 Å². The Hall–Kier alpha value is -3.85. The molecule has 2 aromatic carbocycles. The topological polar surface area (TPSA) is 103 Å². The third-order valence-electron chi connectivity index (χ3n) is 4.44. The first-order valence-electron chi connectivity index (χ1n) is 9.50. The molecule has 0 spiro atoms. The van der Waals surface area contributed by atoms with Crippen molar-refractivity contribution in [3.05, 3.63) is 81.8 Å². The number of amides is 1. The minimum absolute atomic E-state index is 0.241. The molecule has 8 nitrogen and oxygen atoms in total. The van der Waals surface area contributed by atoms with Gasteiger partial charge in [0.05, 0.1) is 28.1 Å². The second kappa shape index (κ2) is 8.49. The highest BCUT2D eigenvalue weighted by Gasteiger charge is 2.17. The van der Waals surface area contributed by atoms with Crippen LogP contribution in [0.25, 0.3) is 15.9 Å². The van der Waals surface area contributed by atoms with Gasteiger partial charge in [-0.1, -0.05) is 29.0 Å². The summed E-state index contributed by atoms with van der Waals surface area (Å²) in [4.78, 5) is 41.2. The van der Waals surface area contributed by atoms with Crippen molar-refractivity contribution in [2.45, 2.75) is 13.8 Å². The lowest BCUT2D eigenvalue weighted by Crippen LogP contribution is -2.25. The van der Waals surface area contributed by atoms with Crippen LogP contribution in [0.2, 0.25) is 0 Å². The number of carbonyl (C=O) groups is 2. The van der Waals surface area contributed by atoms with Crippen molar-refractivity contribution >= 4 is 38.6 Å². The summed E-state index contributed by atoms with van der Waals surface area (Å²) in [5.41, 5.74) is 2.10. The van der Waals surface area contributed by atoms with E-state index in [4.69, 9.17) is 4.74 Å². The minimum Gasteiger partial charge on any atom is -0.462 e. The van der Waals surface area contributed by atoms with E-state index in [-0.39, 0.29) is 12.3 Å². The molecule has 0 bridgehead atoms. The average molecular weight is 434 g/mol. The molecule has 0 radical (unpaired) electrons. The lowest BCUT2D eigenvalue weighted by atomic mass is 10.2. The van der Waals surface area contributed by atoms with Crippen LogP contribution < -0.4 is 10.7 Å². The number of benzene rings is 2. The summed E-state index contributed by atoms with van der Waals surface area (Å²) in [6.07, 6.45) is 1.51. The number of aryl methyl sites for hydroxylation is 1. The fourth-order valence-corrected chi connectivity index (χ4v) is 3.78. The highest BCUT2D eigenvalue weighted by atomic mass is 32.1. The van der Waals surface area contributed by atoms with Gasteiger partial charge < -0.3 is 4.74 Å². The van der Waals surface area contributed by atoms with Gasteiger partial charge in [0, 0.05) is 12.3 Å². The van der Waals surface area contributed by atoms with E-state index in [1.54, 1.807) is 25.1 Å². The second-order valence-electron chi connectivity index (χ2n) is 6.68. The molecule has 4 rings (SSSR count). The molecule has 0 aliphatic rings. The number of anilines is 1. The van der Waals surface area contributed by atoms with E-state index in [0.29, 0.717) is 20.9 Å². The summed E-state index contributed by atoms with van der Waals surface area (Å²) >= 11 is 1.19. The number of rotatable bonds is 5. The molecule has 1 amide bonds. The first-order chi connectivity index (χ1) is 14.9. The van der Waals surface area contributed by atoms with Crippen LogP contribution in [0.1, 0.15) is 33.3 Å². The summed E-state index contributed by atoms with van der Waals surface area (Å²) in [6.45, 7) is 3.99. The molecule has 2 heterocycles. The molecule has 156 valence electrons. The zero-order chi connectivity index (χ0) is 22.0. The molecule has 1 N–H and O–H groups in total. The molecule has 0 unspecified atom stereocenters. The van der Waals surface area contributed by atoms with Crippen molar-refractivity contribution in [2.75, 3.05) is 11.9 Å². The normalized spacial score (nSPS) is 10.8. The van der Waals surface area contributed by atoms with Crippen molar-refractivity contribution in [1.29, 1.82) is 0 Å². The van der Waals surface area contributed by atoms with Crippen LogP contribution in [-0.2, 0) is 4.74 Å².